The van der Waals surface area contributed by atoms with Crippen LogP contribution in [0.5, 0.6) is 0 Å². The maximum atomic E-state index is 11.4. The Morgan fingerprint density at radius 3 is 2.78 bits per heavy atom. The van der Waals surface area contributed by atoms with Gasteiger partial charge in [0, 0.05) is 11.6 Å². The average Bonchev–Trinajstić information content (AvgIpc) is 2.72. The van der Waals surface area contributed by atoms with Crippen molar-refractivity contribution < 1.29 is 4.92 Å². The monoisotopic (exact) mass is 322 g/mol. The third kappa shape index (κ3) is 2.67. The number of rotatable bonds is 2. The SMILES string of the molecule is N#Cc1ccccc1C1=NCC(=S)Nc2cccc([N+](=O)[O-])c21. The maximum absolute atomic E-state index is 11.4. The molecular formula is C16H10N4O2S. The second-order valence-corrected chi connectivity index (χ2v) is 5.32. The summed E-state index contributed by atoms with van der Waals surface area (Å²) in [5.41, 5.74) is 2.15. The number of fused-ring (bicyclic) bond motifs is 1. The lowest BCUT2D eigenvalue weighted by Crippen LogP contribution is -2.12. The van der Waals surface area contributed by atoms with Gasteiger partial charge in [-0.2, -0.15) is 5.26 Å². The lowest BCUT2D eigenvalue weighted by molar-refractivity contribution is -0.385. The molecule has 0 amide bonds. The van der Waals surface area contributed by atoms with Crippen molar-refractivity contribution in [2.45, 2.75) is 0 Å². The standard InChI is InChI=1S/C16H10N4O2S/c17-8-10-4-1-2-5-11(10)16-15-12(19-14(23)9-18-16)6-3-7-13(15)20(21)22/h1-7H,9H2,(H,19,23). The second-order valence-electron chi connectivity index (χ2n) is 4.83. The Bertz CT molecular complexity index is 899. The quantitative estimate of drug-likeness (QED) is 0.521. The van der Waals surface area contributed by atoms with Crippen LogP contribution in [0.15, 0.2) is 47.5 Å². The summed E-state index contributed by atoms with van der Waals surface area (Å²) < 4.78 is 0. The smallest absolute Gasteiger partial charge is 0.280 e. The highest BCUT2D eigenvalue weighted by molar-refractivity contribution is 7.80. The molecule has 7 heteroatoms. The summed E-state index contributed by atoms with van der Waals surface area (Å²) in [6.07, 6.45) is 0. The van der Waals surface area contributed by atoms with E-state index >= 15 is 0 Å². The van der Waals surface area contributed by atoms with Gasteiger partial charge in [-0.15, -0.1) is 0 Å². The minimum absolute atomic E-state index is 0.0776. The van der Waals surface area contributed by atoms with Gasteiger partial charge in [-0.25, -0.2) is 0 Å². The molecule has 112 valence electrons. The summed E-state index contributed by atoms with van der Waals surface area (Å²) in [6, 6.07) is 13.7. The second kappa shape index (κ2) is 5.94. The molecule has 1 aliphatic rings. The van der Waals surface area contributed by atoms with E-state index in [9.17, 15) is 15.4 Å². The average molecular weight is 322 g/mol. The molecule has 1 heterocycles. The zero-order chi connectivity index (χ0) is 16.4. The fourth-order valence-electron chi connectivity index (χ4n) is 2.47. The number of hydrogen-bond donors (Lipinski definition) is 1. The highest BCUT2D eigenvalue weighted by atomic mass is 32.1. The van der Waals surface area contributed by atoms with Gasteiger partial charge in [0.1, 0.15) is 10.6 Å². The van der Waals surface area contributed by atoms with Crippen molar-refractivity contribution in [2.75, 3.05) is 11.9 Å². The number of hydrogen-bond acceptors (Lipinski definition) is 5. The van der Waals surface area contributed by atoms with Crippen LogP contribution in [0.3, 0.4) is 0 Å². The molecule has 0 spiro atoms. The largest absolute Gasteiger partial charge is 0.348 e. The summed E-state index contributed by atoms with van der Waals surface area (Å²) in [4.78, 5) is 15.9. The van der Waals surface area contributed by atoms with E-state index in [-0.39, 0.29) is 12.2 Å². The van der Waals surface area contributed by atoms with Crippen molar-refractivity contribution in [2.24, 2.45) is 4.99 Å². The Balaban J connectivity index is 2.33. The van der Waals surface area contributed by atoms with Gasteiger partial charge in [0.15, 0.2) is 0 Å². The number of nitro benzene ring substituents is 1. The topological polar surface area (TPSA) is 91.3 Å². The molecule has 0 radical (unpaired) electrons. The molecule has 1 aliphatic heterocycles. The van der Waals surface area contributed by atoms with E-state index in [0.29, 0.717) is 33.1 Å². The Hall–Kier alpha value is -3.11. The number of thiocarbonyl (C=S) groups is 1. The summed E-state index contributed by atoms with van der Waals surface area (Å²) in [5.74, 6) is 0. The molecule has 6 nitrogen and oxygen atoms in total. The van der Waals surface area contributed by atoms with E-state index < -0.39 is 4.92 Å². The first-order valence-corrected chi connectivity index (χ1v) is 7.14. The summed E-state index contributed by atoms with van der Waals surface area (Å²) in [5, 5.41) is 23.7. The van der Waals surface area contributed by atoms with Crippen LogP contribution in [0.25, 0.3) is 0 Å². The zero-order valence-corrected chi connectivity index (χ0v) is 12.6. The van der Waals surface area contributed by atoms with Crippen LogP contribution < -0.4 is 5.32 Å². The molecule has 0 aliphatic carbocycles. The number of nitro groups is 1. The number of aliphatic imine (C=N–C) groups is 1. The fraction of sp³-hybridized carbons (Fsp3) is 0.0625. The lowest BCUT2D eigenvalue weighted by atomic mass is 9.95. The van der Waals surface area contributed by atoms with Crippen molar-refractivity contribution in [3.8, 4) is 6.07 Å². The van der Waals surface area contributed by atoms with Gasteiger partial charge in [-0.1, -0.05) is 36.5 Å². The summed E-state index contributed by atoms with van der Waals surface area (Å²) in [6.45, 7) is 0.205. The first-order chi connectivity index (χ1) is 11.1. The van der Waals surface area contributed by atoms with Crippen molar-refractivity contribution in [1.82, 2.24) is 0 Å². The van der Waals surface area contributed by atoms with Crippen LogP contribution >= 0.6 is 12.2 Å². The Kier molecular flexibility index (Phi) is 3.83. The zero-order valence-electron chi connectivity index (χ0n) is 11.8. The van der Waals surface area contributed by atoms with Gasteiger partial charge < -0.3 is 5.32 Å². The minimum atomic E-state index is -0.459. The molecule has 2 aromatic carbocycles. The van der Waals surface area contributed by atoms with Crippen LogP contribution in [-0.2, 0) is 0 Å². The van der Waals surface area contributed by atoms with E-state index in [1.54, 1.807) is 36.4 Å². The van der Waals surface area contributed by atoms with Crippen molar-refractivity contribution in [3.63, 3.8) is 0 Å². The molecule has 0 saturated heterocycles. The summed E-state index contributed by atoms with van der Waals surface area (Å²) >= 11 is 5.19. The molecule has 2 aromatic rings. The predicted octanol–water partition coefficient (Wildman–Crippen LogP) is 3.06. The van der Waals surface area contributed by atoms with Crippen molar-refractivity contribution in [1.29, 1.82) is 5.26 Å². The Morgan fingerprint density at radius 2 is 2.04 bits per heavy atom. The number of benzodiazepines with no additional fused rings is 1. The fourth-order valence-corrected chi connectivity index (χ4v) is 2.65. The molecule has 23 heavy (non-hydrogen) atoms. The van der Waals surface area contributed by atoms with Crippen LogP contribution in [0.2, 0.25) is 0 Å². The number of nitrogens with one attached hydrogen (secondary N) is 1. The number of benzene rings is 2. The highest BCUT2D eigenvalue weighted by Crippen LogP contribution is 2.31. The first kappa shape index (κ1) is 14.8. The molecule has 0 aromatic heterocycles. The van der Waals surface area contributed by atoms with Crippen LogP contribution in [0, 0.1) is 21.4 Å². The highest BCUT2D eigenvalue weighted by Gasteiger charge is 2.27. The minimum Gasteiger partial charge on any atom is -0.348 e. The van der Waals surface area contributed by atoms with E-state index in [1.807, 2.05) is 0 Å². The van der Waals surface area contributed by atoms with Gasteiger partial charge in [0.2, 0.25) is 0 Å². The molecule has 0 unspecified atom stereocenters. The third-order valence-corrected chi connectivity index (χ3v) is 3.66. The van der Waals surface area contributed by atoms with E-state index in [4.69, 9.17) is 12.2 Å². The van der Waals surface area contributed by atoms with Crippen molar-refractivity contribution in [3.05, 3.63) is 69.3 Å². The first-order valence-electron chi connectivity index (χ1n) is 6.73. The normalized spacial score (nSPS) is 13.2. The lowest BCUT2D eigenvalue weighted by Gasteiger charge is -2.11. The van der Waals surface area contributed by atoms with E-state index in [1.165, 1.54) is 6.07 Å². The van der Waals surface area contributed by atoms with Crippen molar-refractivity contribution >= 4 is 34.3 Å². The van der Waals surface area contributed by atoms with Gasteiger partial charge in [0.25, 0.3) is 5.69 Å². The third-order valence-electron chi connectivity index (χ3n) is 3.43. The summed E-state index contributed by atoms with van der Waals surface area (Å²) in [7, 11) is 0. The van der Waals surface area contributed by atoms with E-state index in [0.717, 1.165) is 0 Å². The van der Waals surface area contributed by atoms with Crippen LogP contribution in [0.4, 0.5) is 11.4 Å². The van der Waals surface area contributed by atoms with E-state index in [2.05, 4.69) is 16.4 Å². The molecular weight excluding hydrogens is 312 g/mol. The predicted molar refractivity (Wildman–Crippen MR) is 91.0 cm³/mol. The molecule has 0 atom stereocenters. The molecule has 0 bridgehead atoms. The molecule has 0 fully saturated rings. The molecule has 1 N–H and O–H groups in total. The van der Waals surface area contributed by atoms with Gasteiger partial charge >= 0.3 is 0 Å². The van der Waals surface area contributed by atoms with Gasteiger partial charge in [-0.05, 0) is 12.1 Å². The Morgan fingerprint density at radius 1 is 1.26 bits per heavy atom. The van der Waals surface area contributed by atoms with Crippen LogP contribution in [0.1, 0.15) is 16.7 Å². The van der Waals surface area contributed by atoms with Crippen LogP contribution in [-0.4, -0.2) is 22.2 Å². The number of anilines is 1. The Labute approximate surface area is 137 Å². The van der Waals surface area contributed by atoms with Gasteiger partial charge in [-0.3, -0.25) is 15.1 Å². The molecule has 3 rings (SSSR count). The number of nitrogens with zero attached hydrogens (tertiary/aromatic N) is 3. The number of nitriles is 1. The maximum Gasteiger partial charge on any atom is 0.280 e. The molecule has 0 saturated carbocycles. The van der Waals surface area contributed by atoms with Gasteiger partial charge in [0.05, 0.1) is 34.5 Å².